The van der Waals surface area contributed by atoms with Gasteiger partial charge in [0, 0.05) is 6.42 Å². The van der Waals surface area contributed by atoms with Crippen LogP contribution in [0.5, 0.6) is 0 Å². The van der Waals surface area contributed by atoms with Crippen LogP contribution in [0.1, 0.15) is 56.2 Å². The van der Waals surface area contributed by atoms with Gasteiger partial charge in [0.1, 0.15) is 6.04 Å². The Labute approximate surface area is 189 Å². The number of amides is 4. The van der Waals surface area contributed by atoms with E-state index in [0.29, 0.717) is 16.7 Å². The maximum absolute atomic E-state index is 13.1. The highest BCUT2D eigenvalue weighted by molar-refractivity contribution is 7.85. The SMILES string of the molecule is C#CC(c1ccc2c(c1)C(=O)N(C1CCC(=O)NC1=O)C2=O)c1cc(S(=O)(=O)O)ccc1C. The maximum atomic E-state index is 13.1. The molecule has 2 heterocycles. The number of benzene rings is 2. The Balaban J connectivity index is 1.73. The average molecular weight is 466 g/mol. The van der Waals surface area contributed by atoms with Crippen LogP contribution in [0.3, 0.4) is 0 Å². The number of hydrogen-bond donors (Lipinski definition) is 2. The third-order valence-electron chi connectivity index (χ3n) is 5.82. The summed E-state index contributed by atoms with van der Waals surface area (Å²) in [6.07, 6.45) is 5.79. The number of imide groups is 2. The van der Waals surface area contributed by atoms with Crippen LogP contribution < -0.4 is 5.32 Å². The first-order valence-corrected chi connectivity index (χ1v) is 11.4. The molecule has 4 amide bonds. The van der Waals surface area contributed by atoms with Crippen LogP contribution in [0.2, 0.25) is 0 Å². The molecule has 2 aromatic carbocycles. The van der Waals surface area contributed by atoms with Crippen molar-refractivity contribution in [3.05, 3.63) is 64.2 Å². The zero-order chi connectivity index (χ0) is 24.1. The van der Waals surface area contributed by atoms with Gasteiger partial charge in [-0.1, -0.05) is 18.1 Å². The molecule has 2 aliphatic rings. The lowest BCUT2D eigenvalue weighted by molar-refractivity contribution is -0.136. The summed E-state index contributed by atoms with van der Waals surface area (Å²) in [6, 6.07) is 7.39. The number of nitrogens with zero attached hydrogens (tertiary/aromatic N) is 1. The van der Waals surface area contributed by atoms with Crippen molar-refractivity contribution >= 4 is 33.7 Å². The second kappa shape index (κ2) is 7.95. The Kier molecular flexibility index (Phi) is 5.40. The van der Waals surface area contributed by atoms with Gasteiger partial charge in [0.15, 0.2) is 0 Å². The molecule has 1 fully saturated rings. The number of aryl methyl sites for hydroxylation is 1. The lowest BCUT2D eigenvalue weighted by atomic mass is 9.87. The normalized spacial score (nSPS) is 19.2. The fraction of sp³-hybridized carbons (Fsp3) is 0.217. The quantitative estimate of drug-likeness (QED) is 0.395. The molecule has 2 N–H and O–H groups in total. The van der Waals surface area contributed by atoms with Gasteiger partial charge < -0.3 is 0 Å². The van der Waals surface area contributed by atoms with E-state index in [2.05, 4.69) is 11.2 Å². The van der Waals surface area contributed by atoms with Crippen molar-refractivity contribution in [1.82, 2.24) is 10.2 Å². The minimum atomic E-state index is -4.46. The van der Waals surface area contributed by atoms with Gasteiger partial charge in [0.25, 0.3) is 21.9 Å². The molecule has 33 heavy (non-hydrogen) atoms. The average Bonchev–Trinajstić information content (AvgIpc) is 2.99. The molecule has 2 atom stereocenters. The largest absolute Gasteiger partial charge is 0.295 e. The van der Waals surface area contributed by atoms with Crippen LogP contribution >= 0.6 is 0 Å². The number of carbonyl (C=O) groups excluding carboxylic acids is 4. The molecule has 0 aliphatic carbocycles. The van der Waals surface area contributed by atoms with E-state index in [9.17, 15) is 32.1 Å². The molecule has 1 saturated heterocycles. The molecule has 0 radical (unpaired) electrons. The highest BCUT2D eigenvalue weighted by Crippen LogP contribution is 2.33. The first-order chi connectivity index (χ1) is 15.5. The van der Waals surface area contributed by atoms with Crippen LogP contribution in [-0.2, 0) is 19.7 Å². The van der Waals surface area contributed by atoms with E-state index in [1.807, 2.05) is 0 Å². The van der Waals surface area contributed by atoms with Crippen LogP contribution in [0.15, 0.2) is 41.3 Å². The molecule has 0 saturated carbocycles. The standard InChI is InChI=1S/C23H18N2O7S/c1-3-15(17-11-14(33(30,31)32)6-4-12(17)2)13-5-7-16-18(10-13)23(29)25(22(16)28)19-8-9-20(26)24-21(19)27/h1,4-7,10-11,15,19H,8-9H2,2H3,(H,24,26,27)(H,30,31,32). The van der Waals surface area contributed by atoms with Crippen molar-refractivity contribution in [3.63, 3.8) is 0 Å². The molecule has 2 unspecified atom stereocenters. The number of terminal acetylenes is 1. The van der Waals surface area contributed by atoms with Gasteiger partial charge in [0.05, 0.1) is 21.9 Å². The van der Waals surface area contributed by atoms with Crippen molar-refractivity contribution < 1.29 is 32.1 Å². The van der Waals surface area contributed by atoms with E-state index in [4.69, 9.17) is 6.42 Å². The Morgan fingerprint density at radius 1 is 1.09 bits per heavy atom. The number of hydrogen-bond acceptors (Lipinski definition) is 6. The lowest BCUT2D eigenvalue weighted by Crippen LogP contribution is -2.54. The minimum Gasteiger partial charge on any atom is -0.295 e. The Hall–Kier alpha value is -3.81. The minimum absolute atomic E-state index is 0.0115. The van der Waals surface area contributed by atoms with E-state index in [0.717, 1.165) is 4.90 Å². The summed E-state index contributed by atoms with van der Waals surface area (Å²) in [5.74, 6) is -0.692. The van der Waals surface area contributed by atoms with E-state index >= 15 is 0 Å². The topological polar surface area (TPSA) is 138 Å². The second-order valence-electron chi connectivity index (χ2n) is 7.85. The first-order valence-electron chi connectivity index (χ1n) is 9.92. The molecule has 2 aromatic rings. The Morgan fingerprint density at radius 3 is 2.42 bits per heavy atom. The van der Waals surface area contributed by atoms with Crippen LogP contribution in [0.25, 0.3) is 0 Å². The highest BCUT2D eigenvalue weighted by atomic mass is 32.2. The third kappa shape index (κ3) is 3.82. The fourth-order valence-electron chi connectivity index (χ4n) is 4.12. The van der Waals surface area contributed by atoms with Gasteiger partial charge in [-0.3, -0.25) is 33.9 Å². The summed E-state index contributed by atoms with van der Waals surface area (Å²) < 4.78 is 32.5. The van der Waals surface area contributed by atoms with Gasteiger partial charge in [-0.25, -0.2) is 0 Å². The maximum Gasteiger partial charge on any atom is 0.294 e. The monoisotopic (exact) mass is 466 g/mol. The second-order valence-corrected chi connectivity index (χ2v) is 9.27. The Morgan fingerprint density at radius 2 is 1.79 bits per heavy atom. The van der Waals surface area contributed by atoms with Gasteiger partial charge in [-0.05, 0) is 54.3 Å². The van der Waals surface area contributed by atoms with Gasteiger partial charge in [0.2, 0.25) is 11.8 Å². The summed E-state index contributed by atoms with van der Waals surface area (Å²) >= 11 is 0. The number of piperidine rings is 1. The molecule has 4 rings (SSSR count). The van der Waals surface area contributed by atoms with Gasteiger partial charge in [-0.2, -0.15) is 8.42 Å². The molecule has 168 valence electrons. The zero-order valence-corrected chi connectivity index (χ0v) is 18.2. The van der Waals surface area contributed by atoms with E-state index < -0.39 is 45.7 Å². The number of fused-ring (bicyclic) bond motifs is 1. The predicted molar refractivity (Wildman–Crippen MR) is 115 cm³/mol. The molecular weight excluding hydrogens is 448 g/mol. The molecule has 2 aliphatic heterocycles. The van der Waals surface area contributed by atoms with E-state index in [1.54, 1.807) is 13.0 Å². The summed E-state index contributed by atoms with van der Waals surface area (Å²) in [6.45, 7) is 1.72. The molecule has 9 nitrogen and oxygen atoms in total. The fourth-order valence-corrected chi connectivity index (χ4v) is 4.64. The zero-order valence-electron chi connectivity index (χ0n) is 17.4. The van der Waals surface area contributed by atoms with Gasteiger partial charge >= 0.3 is 0 Å². The van der Waals surface area contributed by atoms with Crippen LogP contribution in [0, 0.1) is 19.3 Å². The van der Waals surface area contributed by atoms with E-state index in [1.165, 1.54) is 30.3 Å². The summed E-state index contributed by atoms with van der Waals surface area (Å²) in [7, 11) is -4.46. The smallest absolute Gasteiger partial charge is 0.294 e. The lowest BCUT2D eigenvalue weighted by Gasteiger charge is -2.27. The predicted octanol–water partition coefficient (Wildman–Crippen LogP) is 1.41. The summed E-state index contributed by atoms with van der Waals surface area (Å²) in [5, 5.41) is 2.14. The summed E-state index contributed by atoms with van der Waals surface area (Å²) in [4.78, 5) is 50.1. The van der Waals surface area contributed by atoms with E-state index in [-0.39, 0.29) is 28.9 Å². The molecule has 0 aromatic heterocycles. The third-order valence-corrected chi connectivity index (χ3v) is 6.67. The summed E-state index contributed by atoms with van der Waals surface area (Å²) in [5.41, 5.74) is 1.72. The molecule has 10 heteroatoms. The molecular formula is C23H18N2O7S. The highest BCUT2D eigenvalue weighted by Gasteiger charge is 2.44. The Bertz CT molecular complexity index is 1390. The first kappa shape index (κ1) is 22.4. The van der Waals surface area contributed by atoms with Crippen molar-refractivity contribution in [2.24, 2.45) is 0 Å². The number of nitrogens with one attached hydrogen (secondary N) is 1. The number of rotatable bonds is 4. The van der Waals surface area contributed by atoms with Crippen molar-refractivity contribution in [3.8, 4) is 12.3 Å². The van der Waals surface area contributed by atoms with Crippen molar-refractivity contribution in [2.75, 3.05) is 0 Å². The number of carbonyl (C=O) groups is 4. The van der Waals surface area contributed by atoms with Crippen LogP contribution in [0.4, 0.5) is 0 Å². The molecule has 0 spiro atoms. The molecule has 0 bridgehead atoms. The van der Waals surface area contributed by atoms with Crippen molar-refractivity contribution in [1.29, 1.82) is 0 Å². The van der Waals surface area contributed by atoms with Crippen LogP contribution in [-0.4, -0.2) is 47.5 Å². The van der Waals surface area contributed by atoms with Crippen molar-refractivity contribution in [2.45, 2.75) is 36.6 Å². The van der Waals surface area contributed by atoms with Gasteiger partial charge in [-0.15, -0.1) is 6.42 Å².